The van der Waals surface area contributed by atoms with E-state index < -0.39 is 0 Å². The normalized spacial score (nSPS) is 19.5. The molecule has 0 amide bonds. The Kier molecular flexibility index (Phi) is 2.76. The van der Waals surface area contributed by atoms with E-state index in [1.807, 2.05) is 0 Å². The summed E-state index contributed by atoms with van der Waals surface area (Å²) >= 11 is 0. The van der Waals surface area contributed by atoms with Gasteiger partial charge in [-0.25, -0.2) is 0 Å². The topological polar surface area (TPSA) is 0 Å². The fraction of sp³-hybridized carbons (Fsp3) is 0.667. The van der Waals surface area contributed by atoms with Crippen LogP contribution in [0.1, 0.15) is 40.5 Å². The number of rotatable bonds is 2. The highest BCUT2D eigenvalue weighted by Gasteiger charge is 2.20. The second kappa shape index (κ2) is 3.47. The Balaban J connectivity index is 2.42. The minimum absolute atomic E-state index is 0.448. The lowest BCUT2D eigenvalue weighted by molar-refractivity contribution is 0.259. The Hall–Kier alpha value is -0.520. The molecule has 0 aromatic carbocycles. The van der Waals surface area contributed by atoms with Crippen molar-refractivity contribution >= 4 is 0 Å². The van der Waals surface area contributed by atoms with Crippen LogP contribution in [-0.4, -0.2) is 0 Å². The van der Waals surface area contributed by atoms with Crippen molar-refractivity contribution in [2.75, 3.05) is 0 Å². The molecule has 68 valence electrons. The first-order valence-electron chi connectivity index (χ1n) is 4.84. The van der Waals surface area contributed by atoms with Crippen molar-refractivity contribution in [1.82, 2.24) is 0 Å². The first-order chi connectivity index (χ1) is 5.50. The molecule has 0 spiro atoms. The summed E-state index contributed by atoms with van der Waals surface area (Å²) in [5, 5.41) is 0. The summed E-state index contributed by atoms with van der Waals surface area (Å²) in [4.78, 5) is 0. The summed E-state index contributed by atoms with van der Waals surface area (Å²) in [5.41, 5.74) is 2.04. The zero-order valence-electron chi connectivity index (χ0n) is 8.72. The maximum atomic E-state index is 2.35. The Labute approximate surface area is 76.4 Å². The summed E-state index contributed by atoms with van der Waals surface area (Å²) in [5.74, 6) is 0.781. The van der Waals surface area contributed by atoms with Crippen molar-refractivity contribution in [1.29, 1.82) is 0 Å². The molecule has 0 bridgehead atoms. The molecular weight excluding hydrogens is 144 g/mol. The summed E-state index contributed by atoms with van der Waals surface area (Å²) in [6, 6.07) is 0. The van der Waals surface area contributed by atoms with Crippen LogP contribution >= 0.6 is 0 Å². The highest BCUT2D eigenvalue weighted by molar-refractivity contribution is 5.23. The average molecular weight is 164 g/mol. The van der Waals surface area contributed by atoms with Crippen molar-refractivity contribution < 1.29 is 0 Å². The molecule has 1 aliphatic carbocycles. The predicted octanol–water partition coefficient (Wildman–Crippen LogP) is 3.95. The van der Waals surface area contributed by atoms with E-state index in [0.29, 0.717) is 5.41 Å². The monoisotopic (exact) mass is 164 g/mol. The molecule has 0 heteroatoms. The van der Waals surface area contributed by atoms with Crippen LogP contribution in [0.25, 0.3) is 0 Å². The van der Waals surface area contributed by atoms with E-state index in [9.17, 15) is 0 Å². The van der Waals surface area contributed by atoms with Gasteiger partial charge >= 0.3 is 0 Å². The number of allylic oxidation sites excluding steroid dienone is 4. The fourth-order valence-corrected chi connectivity index (χ4v) is 1.34. The third-order valence-electron chi connectivity index (χ3n) is 2.89. The maximum Gasteiger partial charge on any atom is -0.0132 e. The number of hydrogen-bond acceptors (Lipinski definition) is 0. The van der Waals surface area contributed by atoms with E-state index >= 15 is 0 Å². The van der Waals surface area contributed by atoms with Gasteiger partial charge in [0.05, 0.1) is 0 Å². The van der Waals surface area contributed by atoms with Gasteiger partial charge in [0.25, 0.3) is 0 Å². The van der Waals surface area contributed by atoms with Gasteiger partial charge in [0.2, 0.25) is 0 Å². The largest absolute Gasteiger partial charge is 0.0805 e. The van der Waals surface area contributed by atoms with Gasteiger partial charge in [0.15, 0.2) is 0 Å². The Morgan fingerprint density at radius 2 is 2.08 bits per heavy atom. The van der Waals surface area contributed by atoms with Gasteiger partial charge in [0, 0.05) is 0 Å². The van der Waals surface area contributed by atoms with Gasteiger partial charge in [-0.2, -0.15) is 0 Å². The molecule has 1 aliphatic rings. The van der Waals surface area contributed by atoms with Crippen molar-refractivity contribution in [3.05, 3.63) is 23.8 Å². The molecule has 1 unspecified atom stereocenters. The third kappa shape index (κ3) is 2.51. The van der Waals surface area contributed by atoms with Crippen LogP contribution < -0.4 is 0 Å². The lowest BCUT2D eigenvalue weighted by Gasteiger charge is -2.27. The molecule has 12 heavy (non-hydrogen) atoms. The zero-order chi connectivity index (χ0) is 9.19. The van der Waals surface area contributed by atoms with Crippen LogP contribution in [0.5, 0.6) is 0 Å². The minimum Gasteiger partial charge on any atom is -0.0805 e. The summed E-state index contributed by atoms with van der Waals surface area (Å²) in [6.45, 7) is 9.31. The fourth-order valence-electron chi connectivity index (χ4n) is 1.34. The van der Waals surface area contributed by atoms with Gasteiger partial charge in [-0.15, -0.1) is 0 Å². The molecule has 0 saturated carbocycles. The molecule has 0 aliphatic heterocycles. The van der Waals surface area contributed by atoms with E-state index in [1.54, 1.807) is 5.57 Å². The van der Waals surface area contributed by atoms with Crippen molar-refractivity contribution in [2.45, 2.75) is 40.5 Å². The van der Waals surface area contributed by atoms with E-state index in [-0.39, 0.29) is 0 Å². The molecule has 1 rings (SSSR count). The first-order valence-corrected chi connectivity index (χ1v) is 4.84. The van der Waals surface area contributed by atoms with Gasteiger partial charge in [-0.1, -0.05) is 51.5 Å². The average Bonchev–Trinajstić information content (AvgIpc) is 2.37. The molecule has 0 fully saturated rings. The lowest BCUT2D eigenvalue weighted by atomic mass is 9.78. The van der Waals surface area contributed by atoms with E-state index in [1.165, 1.54) is 12.8 Å². The molecule has 0 aromatic rings. The standard InChI is InChI=1S/C12H20/c1-10(12(2,3)4)9-11-7-5-6-8-11/h5-7,10H,8-9H2,1-4H3. The third-order valence-corrected chi connectivity index (χ3v) is 2.89. The lowest BCUT2D eigenvalue weighted by Crippen LogP contribution is -2.17. The maximum absolute atomic E-state index is 2.35. The van der Waals surface area contributed by atoms with Crippen molar-refractivity contribution in [2.24, 2.45) is 11.3 Å². The van der Waals surface area contributed by atoms with Crippen LogP contribution in [0.15, 0.2) is 23.8 Å². The quantitative estimate of drug-likeness (QED) is 0.580. The Morgan fingerprint density at radius 1 is 1.42 bits per heavy atom. The van der Waals surface area contributed by atoms with Crippen LogP contribution in [0, 0.1) is 11.3 Å². The summed E-state index contributed by atoms with van der Waals surface area (Å²) in [6.07, 6.45) is 9.12. The van der Waals surface area contributed by atoms with E-state index in [2.05, 4.69) is 45.9 Å². The smallest absolute Gasteiger partial charge is 0.0132 e. The summed E-state index contributed by atoms with van der Waals surface area (Å²) in [7, 11) is 0. The molecule has 0 radical (unpaired) electrons. The zero-order valence-corrected chi connectivity index (χ0v) is 8.72. The molecule has 0 aromatic heterocycles. The number of hydrogen-bond donors (Lipinski definition) is 0. The van der Waals surface area contributed by atoms with Crippen LogP contribution in [0.3, 0.4) is 0 Å². The van der Waals surface area contributed by atoms with Crippen LogP contribution in [-0.2, 0) is 0 Å². The predicted molar refractivity (Wildman–Crippen MR) is 55.1 cm³/mol. The van der Waals surface area contributed by atoms with Gasteiger partial charge < -0.3 is 0 Å². The molecule has 0 heterocycles. The van der Waals surface area contributed by atoms with Gasteiger partial charge in [-0.05, 0) is 24.2 Å². The van der Waals surface area contributed by atoms with E-state index in [0.717, 1.165) is 5.92 Å². The van der Waals surface area contributed by atoms with E-state index in [4.69, 9.17) is 0 Å². The molecule has 0 nitrogen and oxygen atoms in total. The van der Waals surface area contributed by atoms with Crippen molar-refractivity contribution in [3.63, 3.8) is 0 Å². The van der Waals surface area contributed by atoms with Gasteiger partial charge in [-0.3, -0.25) is 0 Å². The van der Waals surface area contributed by atoms with Crippen molar-refractivity contribution in [3.8, 4) is 0 Å². The Bertz CT molecular complexity index is 201. The Morgan fingerprint density at radius 3 is 2.50 bits per heavy atom. The second-order valence-electron chi connectivity index (χ2n) is 4.93. The molecule has 1 atom stereocenters. The summed E-state index contributed by atoms with van der Waals surface area (Å²) < 4.78 is 0. The highest BCUT2D eigenvalue weighted by Crippen LogP contribution is 2.32. The highest BCUT2D eigenvalue weighted by atomic mass is 14.3. The molecular formula is C12H20. The molecule has 0 saturated heterocycles. The van der Waals surface area contributed by atoms with Gasteiger partial charge in [0.1, 0.15) is 0 Å². The van der Waals surface area contributed by atoms with Crippen LogP contribution in [0.2, 0.25) is 0 Å². The second-order valence-corrected chi connectivity index (χ2v) is 4.93. The SMILES string of the molecule is CC(CC1=CC=CC1)C(C)(C)C. The molecule has 0 N–H and O–H groups in total. The first kappa shape index (κ1) is 9.57. The van der Waals surface area contributed by atoms with Crippen LogP contribution in [0.4, 0.5) is 0 Å². The minimum atomic E-state index is 0.448.